The van der Waals surface area contributed by atoms with Crippen molar-refractivity contribution >= 4 is 23.4 Å². The van der Waals surface area contributed by atoms with Crippen LogP contribution in [-0.4, -0.2) is 36.4 Å². The van der Waals surface area contributed by atoms with E-state index in [1.165, 1.54) is 9.80 Å². The van der Waals surface area contributed by atoms with Crippen LogP contribution in [0, 0.1) is 42.4 Å². The topological polar surface area (TPSA) is 66.9 Å². The average molecular weight is 443 g/mol. The number of amides is 3. The van der Waals surface area contributed by atoms with E-state index in [4.69, 9.17) is 4.74 Å². The highest BCUT2D eigenvalue weighted by molar-refractivity contribution is 6.10. The van der Waals surface area contributed by atoms with Crippen molar-refractivity contribution in [2.45, 2.75) is 13.3 Å². The van der Waals surface area contributed by atoms with Crippen molar-refractivity contribution in [2.75, 3.05) is 18.7 Å². The fraction of sp³-hybridized carbons (Fsp3) is 0.370. The molecule has 0 aromatic heterocycles. The number of hydrogen-bond donors (Lipinski definition) is 0. The molecule has 1 saturated heterocycles. The summed E-state index contributed by atoms with van der Waals surface area (Å²) in [5, 5.41) is 0. The Labute approximate surface area is 192 Å². The summed E-state index contributed by atoms with van der Waals surface area (Å²) in [6, 6.07) is 14.6. The van der Waals surface area contributed by atoms with Crippen molar-refractivity contribution in [3.05, 3.63) is 71.8 Å². The molecule has 6 atom stereocenters. The highest BCUT2D eigenvalue weighted by Gasteiger charge is 2.67. The van der Waals surface area contributed by atoms with Crippen LogP contribution in [0.25, 0.3) is 0 Å². The first-order valence-electron chi connectivity index (χ1n) is 11.6. The lowest BCUT2D eigenvalue weighted by molar-refractivity contribution is -0.140. The van der Waals surface area contributed by atoms with Gasteiger partial charge in [0.15, 0.2) is 0 Å². The number of ether oxygens (including phenoxy) is 1. The Morgan fingerprint density at radius 1 is 0.970 bits per heavy atom. The molecule has 1 heterocycles. The van der Waals surface area contributed by atoms with Gasteiger partial charge in [0.1, 0.15) is 12.4 Å². The molecule has 168 valence electrons. The first-order valence-corrected chi connectivity index (χ1v) is 11.6. The first kappa shape index (κ1) is 20.2. The fourth-order valence-electron chi connectivity index (χ4n) is 6.36. The Morgan fingerprint density at radius 3 is 2.21 bits per heavy atom. The lowest BCUT2D eigenvalue weighted by Gasteiger charge is -2.37. The van der Waals surface area contributed by atoms with Crippen molar-refractivity contribution in [3.8, 4) is 5.75 Å². The Balaban J connectivity index is 1.38. The van der Waals surface area contributed by atoms with Gasteiger partial charge in [-0.2, -0.15) is 0 Å². The number of rotatable bonds is 5. The van der Waals surface area contributed by atoms with E-state index in [1.807, 2.05) is 37.3 Å². The van der Waals surface area contributed by atoms with Crippen molar-refractivity contribution < 1.29 is 19.1 Å². The number of nitrogens with zero attached hydrogens (tertiary/aromatic N) is 2. The highest BCUT2D eigenvalue weighted by Crippen LogP contribution is 2.65. The molecule has 3 fully saturated rings. The number of carbonyl (C=O) groups is 3. The van der Waals surface area contributed by atoms with Gasteiger partial charge in [0.05, 0.1) is 24.6 Å². The predicted octanol–water partition coefficient (Wildman–Crippen LogP) is 3.66. The Hall–Kier alpha value is -3.41. The molecule has 7 rings (SSSR count). The lowest BCUT2D eigenvalue weighted by atomic mass is 9.63. The number of anilines is 1. The van der Waals surface area contributed by atoms with E-state index in [2.05, 4.69) is 12.2 Å². The molecule has 0 N–H and O–H groups in total. The second kappa shape index (κ2) is 7.30. The van der Waals surface area contributed by atoms with Crippen LogP contribution in [-0.2, 0) is 9.59 Å². The van der Waals surface area contributed by atoms with Crippen molar-refractivity contribution in [1.29, 1.82) is 0 Å². The maximum Gasteiger partial charge on any atom is 0.260 e. The van der Waals surface area contributed by atoms with E-state index in [0.29, 0.717) is 28.8 Å². The van der Waals surface area contributed by atoms with Gasteiger partial charge in [-0.25, -0.2) is 0 Å². The molecule has 0 radical (unpaired) electrons. The van der Waals surface area contributed by atoms with Gasteiger partial charge in [0.25, 0.3) is 5.91 Å². The molecular weight excluding hydrogens is 416 g/mol. The van der Waals surface area contributed by atoms with Crippen molar-refractivity contribution in [2.24, 2.45) is 35.5 Å². The lowest BCUT2D eigenvalue weighted by Crippen LogP contribution is -2.45. The molecule has 3 amide bonds. The molecule has 6 heteroatoms. The van der Waals surface area contributed by atoms with Gasteiger partial charge in [-0.05, 0) is 60.8 Å². The molecule has 0 spiro atoms. The largest absolute Gasteiger partial charge is 0.495 e. The van der Waals surface area contributed by atoms with Crippen molar-refractivity contribution in [1.82, 2.24) is 4.90 Å². The minimum atomic E-state index is -0.288. The summed E-state index contributed by atoms with van der Waals surface area (Å²) in [6.45, 7) is 1.76. The van der Waals surface area contributed by atoms with Gasteiger partial charge >= 0.3 is 0 Å². The van der Waals surface area contributed by atoms with Gasteiger partial charge in [-0.15, -0.1) is 0 Å². The third-order valence-electron chi connectivity index (χ3n) is 8.03. The molecule has 2 bridgehead atoms. The van der Waals surface area contributed by atoms with E-state index in [-0.39, 0.29) is 48.1 Å². The van der Waals surface area contributed by atoms with Gasteiger partial charge in [0.2, 0.25) is 11.8 Å². The van der Waals surface area contributed by atoms with E-state index in [1.54, 1.807) is 25.3 Å². The zero-order valence-corrected chi connectivity index (χ0v) is 18.7. The molecular formula is C27H26N2O4. The van der Waals surface area contributed by atoms with E-state index >= 15 is 0 Å². The number of hydrogen-bond acceptors (Lipinski definition) is 4. The predicted molar refractivity (Wildman–Crippen MR) is 122 cm³/mol. The van der Waals surface area contributed by atoms with Crippen LogP contribution in [0.15, 0.2) is 60.7 Å². The third-order valence-corrected chi connectivity index (χ3v) is 8.03. The van der Waals surface area contributed by atoms with Crippen LogP contribution in [0.1, 0.15) is 22.3 Å². The third kappa shape index (κ3) is 2.89. The summed E-state index contributed by atoms with van der Waals surface area (Å²) in [5.41, 5.74) is 1.90. The van der Waals surface area contributed by atoms with Crippen LogP contribution < -0.4 is 9.64 Å². The molecule has 0 unspecified atom stereocenters. The molecule has 6 nitrogen and oxygen atoms in total. The fourth-order valence-corrected chi connectivity index (χ4v) is 6.36. The second-order valence-electron chi connectivity index (χ2n) is 9.62. The monoisotopic (exact) mass is 442 g/mol. The number of carbonyl (C=O) groups excluding carboxylic acids is 3. The van der Waals surface area contributed by atoms with Gasteiger partial charge in [-0.1, -0.05) is 42.5 Å². The Morgan fingerprint density at radius 2 is 1.58 bits per heavy atom. The molecule has 1 aliphatic heterocycles. The number of imide groups is 1. The van der Waals surface area contributed by atoms with Crippen LogP contribution in [0.4, 0.5) is 5.69 Å². The van der Waals surface area contributed by atoms with E-state index < -0.39 is 0 Å². The standard InChI is InChI=1S/C27H26N2O4/c1-15-7-3-4-8-16(15)25(30)28(21-9-5-6-10-22(21)33-2)14-29-26(31)23-17-11-12-18(20-13-19(17)20)24(23)27(29)32/h3-12,17-20,23-24H,13-14H2,1-2H3/t17-,18-,19-,20+,23-,24+/m0/s1. The summed E-state index contributed by atoms with van der Waals surface area (Å²) >= 11 is 0. The van der Waals surface area contributed by atoms with E-state index in [0.717, 1.165) is 12.0 Å². The number of para-hydroxylation sites is 2. The Bertz CT molecular complexity index is 1170. The molecule has 33 heavy (non-hydrogen) atoms. The molecule has 4 aliphatic carbocycles. The minimum absolute atomic E-state index is 0.118. The summed E-state index contributed by atoms with van der Waals surface area (Å²) < 4.78 is 5.53. The number of aryl methyl sites for hydroxylation is 1. The number of allylic oxidation sites excluding steroid dienone is 2. The summed E-state index contributed by atoms with van der Waals surface area (Å²) in [7, 11) is 1.55. The number of benzene rings is 2. The molecule has 2 aromatic rings. The molecule has 2 saturated carbocycles. The number of methoxy groups -OCH3 is 1. The maximum atomic E-state index is 13.8. The Kier molecular flexibility index (Phi) is 4.47. The van der Waals surface area contributed by atoms with Gasteiger partial charge < -0.3 is 4.74 Å². The van der Waals surface area contributed by atoms with Gasteiger partial charge in [-0.3, -0.25) is 24.2 Å². The van der Waals surface area contributed by atoms with Gasteiger partial charge in [0, 0.05) is 5.56 Å². The zero-order chi connectivity index (χ0) is 22.9. The minimum Gasteiger partial charge on any atom is -0.495 e. The van der Waals surface area contributed by atoms with Crippen molar-refractivity contribution in [3.63, 3.8) is 0 Å². The second-order valence-corrected chi connectivity index (χ2v) is 9.62. The highest BCUT2D eigenvalue weighted by atomic mass is 16.5. The average Bonchev–Trinajstić information content (AvgIpc) is 3.62. The molecule has 2 aromatic carbocycles. The number of likely N-dealkylation sites (tertiary alicyclic amines) is 1. The first-order chi connectivity index (χ1) is 16.0. The van der Waals surface area contributed by atoms with Crippen LogP contribution in [0.3, 0.4) is 0 Å². The van der Waals surface area contributed by atoms with Crippen LogP contribution in [0.2, 0.25) is 0 Å². The summed E-state index contributed by atoms with van der Waals surface area (Å²) in [5.74, 6) is 0.758. The SMILES string of the molecule is COc1ccccc1N(CN1C(=O)[C@@H]2[C@H]3C=C[C@@H]([C@@H]4C[C@H]34)[C@@H]2C1=O)C(=O)c1ccccc1C. The van der Waals surface area contributed by atoms with E-state index in [9.17, 15) is 14.4 Å². The smallest absolute Gasteiger partial charge is 0.260 e. The summed E-state index contributed by atoms with van der Waals surface area (Å²) in [4.78, 5) is 43.7. The normalized spacial score (nSPS) is 30.8. The maximum absolute atomic E-state index is 13.8. The quantitative estimate of drug-likeness (QED) is 0.524. The zero-order valence-electron chi connectivity index (χ0n) is 18.7. The molecule has 5 aliphatic rings. The van der Waals surface area contributed by atoms with Crippen LogP contribution in [0.5, 0.6) is 5.75 Å². The van der Waals surface area contributed by atoms with Crippen LogP contribution >= 0.6 is 0 Å². The summed E-state index contributed by atoms with van der Waals surface area (Å²) in [6.07, 6.45) is 5.44.